The van der Waals surface area contributed by atoms with Gasteiger partial charge in [0.2, 0.25) is 12.6 Å². The summed E-state index contributed by atoms with van der Waals surface area (Å²) in [6.07, 6.45) is 4.59. The molecule has 2 heterocycles. The number of ether oxygens (including phenoxy) is 4. The minimum atomic E-state index is -0.197. The molecule has 2 aromatic rings. The van der Waals surface area contributed by atoms with Gasteiger partial charge >= 0.3 is 0 Å². The van der Waals surface area contributed by atoms with Crippen LogP contribution in [0.3, 0.4) is 0 Å². The Morgan fingerprint density at radius 3 is 1.39 bits per heavy atom. The van der Waals surface area contributed by atoms with Crippen molar-refractivity contribution in [2.24, 2.45) is 5.92 Å². The first kappa shape index (κ1) is 21.8. The van der Waals surface area contributed by atoms with E-state index in [2.05, 4.69) is 25.7 Å². The van der Waals surface area contributed by atoms with Crippen molar-refractivity contribution in [1.82, 2.24) is 4.90 Å². The fourth-order valence-electron chi connectivity index (χ4n) is 4.95. The molecule has 0 saturated heterocycles. The monoisotopic (exact) mass is 425 g/mol. The van der Waals surface area contributed by atoms with Crippen molar-refractivity contribution in [3.05, 3.63) is 48.5 Å². The van der Waals surface area contributed by atoms with Gasteiger partial charge in [0.15, 0.2) is 23.0 Å². The molecule has 31 heavy (non-hydrogen) atoms. The Bertz CT molecular complexity index is 728. The maximum absolute atomic E-state index is 6.02. The van der Waals surface area contributed by atoms with Crippen molar-refractivity contribution in [3.63, 3.8) is 0 Å². The molecule has 0 saturated carbocycles. The average molecular weight is 426 g/mol. The van der Waals surface area contributed by atoms with E-state index in [-0.39, 0.29) is 12.6 Å². The molecule has 0 spiro atoms. The Labute approximate surface area is 186 Å². The molecule has 2 aromatic carbocycles. The van der Waals surface area contributed by atoms with Crippen LogP contribution in [0, 0.1) is 5.92 Å². The van der Waals surface area contributed by atoms with E-state index in [1.165, 1.54) is 0 Å². The first-order chi connectivity index (χ1) is 15.2. The van der Waals surface area contributed by atoms with Crippen molar-refractivity contribution in [3.8, 4) is 23.0 Å². The molecule has 5 nitrogen and oxygen atoms in total. The lowest BCUT2D eigenvalue weighted by Gasteiger charge is -2.36. The third-order valence-electron chi connectivity index (χ3n) is 6.52. The number of nitrogens with zero attached hydrogens (tertiary/aromatic N) is 1. The summed E-state index contributed by atoms with van der Waals surface area (Å²) in [5.41, 5.74) is 0. The second-order valence-electron chi connectivity index (χ2n) is 8.34. The van der Waals surface area contributed by atoms with Crippen LogP contribution in [0.1, 0.15) is 52.9 Å². The highest BCUT2D eigenvalue weighted by atomic mass is 16.7. The molecule has 0 radical (unpaired) electrons. The summed E-state index contributed by atoms with van der Waals surface area (Å²) in [6, 6.07) is 16.4. The van der Waals surface area contributed by atoms with E-state index >= 15 is 0 Å². The van der Waals surface area contributed by atoms with Gasteiger partial charge in [-0.2, -0.15) is 0 Å². The fourth-order valence-corrected chi connectivity index (χ4v) is 4.95. The fraction of sp³-hybridized carbons (Fsp3) is 0.538. The highest BCUT2D eigenvalue weighted by Gasteiger charge is 2.31. The molecule has 2 aliphatic heterocycles. The molecule has 0 aromatic heterocycles. The third kappa shape index (κ3) is 5.09. The number of para-hydroxylation sites is 4. The van der Waals surface area contributed by atoms with Crippen molar-refractivity contribution in [2.45, 2.75) is 71.5 Å². The quantitative estimate of drug-likeness (QED) is 0.450. The third-order valence-corrected chi connectivity index (χ3v) is 6.52. The molecule has 2 aliphatic rings. The van der Waals surface area contributed by atoms with Gasteiger partial charge < -0.3 is 23.8 Å². The largest absolute Gasteiger partial charge is 0.451 e. The minimum absolute atomic E-state index is 0.197. The molecule has 1 atom stereocenters. The Balaban J connectivity index is 1.37. The van der Waals surface area contributed by atoms with Crippen molar-refractivity contribution >= 4 is 0 Å². The van der Waals surface area contributed by atoms with Crippen molar-refractivity contribution < 1.29 is 18.9 Å². The van der Waals surface area contributed by atoms with Crippen LogP contribution in [-0.4, -0.2) is 36.6 Å². The van der Waals surface area contributed by atoms with E-state index in [4.69, 9.17) is 18.9 Å². The highest BCUT2D eigenvalue weighted by molar-refractivity contribution is 5.42. The van der Waals surface area contributed by atoms with Crippen LogP contribution >= 0.6 is 0 Å². The first-order valence-corrected chi connectivity index (χ1v) is 11.8. The zero-order chi connectivity index (χ0) is 21.6. The van der Waals surface area contributed by atoms with E-state index < -0.39 is 0 Å². The smallest absolute Gasteiger partial charge is 0.241 e. The molecule has 0 fully saturated rings. The normalized spacial score (nSPS) is 16.4. The minimum Gasteiger partial charge on any atom is -0.451 e. The predicted molar refractivity (Wildman–Crippen MR) is 122 cm³/mol. The molecule has 0 amide bonds. The number of benzene rings is 2. The van der Waals surface area contributed by atoms with Crippen LogP contribution in [0.2, 0.25) is 0 Å². The van der Waals surface area contributed by atoms with Crippen LogP contribution in [-0.2, 0) is 0 Å². The Kier molecular flexibility index (Phi) is 7.23. The lowest BCUT2D eigenvalue weighted by atomic mass is 9.87. The van der Waals surface area contributed by atoms with E-state index in [1.807, 2.05) is 48.5 Å². The molecule has 0 N–H and O–H groups in total. The predicted octanol–water partition coefficient (Wildman–Crippen LogP) is 5.88. The van der Waals surface area contributed by atoms with Crippen molar-refractivity contribution in [1.29, 1.82) is 0 Å². The summed E-state index contributed by atoms with van der Waals surface area (Å²) in [5, 5.41) is 0. The van der Waals surface area contributed by atoms with Gasteiger partial charge in [-0.05, 0) is 62.5 Å². The topological polar surface area (TPSA) is 40.2 Å². The average Bonchev–Trinajstić information content (AvgIpc) is 3.41. The standard InChI is InChI=1S/C26H35NO4/c1-4-20(27(5-2)6-3)19(15-17-25-28-21-11-7-8-12-22(21)29-25)16-18-26-30-23-13-9-10-14-24(23)31-26/h7-14,19-20,25-26H,4-6,15-18H2,1-3H3. The van der Waals surface area contributed by atoms with E-state index in [0.29, 0.717) is 12.0 Å². The molecule has 168 valence electrons. The molecule has 5 heteroatoms. The lowest BCUT2D eigenvalue weighted by Crippen LogP contribution is -2.41. The Hall–Kier alpha value is -2.40. The van der Waals surface area contributed by atoms with Crippen LogP contribution in [0.15, 0.2) is 48.5 Å². The van der Waals surface area contributed by atoms with Gasteiger partial charge in [0.25, 0.3) is 0 Å². The zero-order valence-corrected chi connectivity index (χ0v) is 19.0. The maximum Gasteiger partial charge on any atom is 0.241 e. The van der Waals surface area contributed by atoms with Gasteiger partial charge in [-0.1, -0.05) is 45.0 Å². The molecule has 0 aliphatic carbocycles. The number of fused-ring (bicyclic) bond motifs is 2. The summed E-state index contributed by atoms with van der Waals surface area (Å²) >= 11 is 0. The number of rotatable bonds is 11. The van der Waals surface area contributed by atoms with Gasteiger partial charge in [0, 0.05) is 18.9 Å². The van der Waals surface area contributed by atoms with Gasteiger partial charge in [0.1, 0.15) is 0 Å². The van der Waals surface area contributed by atoms with Crippen LogP contribution in [0.5, 0.6) is 23.0 Å². The molecular weight excluding hydrogens is 390 g/mol. The Morgan fingerprint density at radius 2 is 1.06 bits per heavy atom. The van der Waals surface area contributed by atoms with E-state index in [9.17, 15) is 0 Å². The second-order valence-corrected chi connectivity index (χ2v) is 8.34. The van der Waals surface area contributed by atoms with Gasteiger partial charge in [-0.15, -0.1) is 0 Å². The van der Waals surface area contributed by atoms with E-state index in [1.54, 1.807) is 0 Å². The molecule has 0 bridgehead atoms. The SMILES string of the molecule is CCC(C(CCC1Oc2ccccc2O1)CCC1Oc2ccccc2O1)N(CC)CC. The summed E-state index contributed by atoms with van der Waals surface area (Å²) in [5.74, 6) is 3.93. The summed E-state index contributed by atoms with van der Waals surface area (Å²) in [4.78, 5) is 2.58. The maximum atomic E-state index is 6.02. The van der Waals surface area contributed by atoms with Gasteiger partial charge in [0.05, 0.1) is 0 Å². The van der Waals surface area contributed by atoms with Crippen LogP contribution < -0.4 is 18.9 Å². The Morgan fingerprint density at radius 1 is 0.677 bits per heavy atom. The molecule has 1 unspecified atom stereocenters. The highest BCUT2D eigenvalue weighted by Crippen LogP contribution is 2.38. The van der Waals surface area contributed by atoms with Gasteiger partial charge in [-0.3, -0.25) is 0 Å². The van der Waals surface area contributed by atoms with Crippen LogP contribution in [0.4, 0.5) is 0 Å². The second kappa shape index (κ2) is 10.3. The summed E-state index contributed by atoms with van der Waals surface area (Å²) in [6.45, 7) is 8.93. The molecular formula is C26H35NO4. The summed E-state index contributed by atoms with van der Waals surface area (Å²) < 4.78 is 24.1. The first-order valence-electron chi connectivity index (χ1n) is 11.8. The van der Waals surface area contributed by atoms with Gasteiger partial charge in [-0.25, -0.2) is 0 Å². The number of hydrogen-bond donors (Lipinski definition) is 0. The van der Waals surface area contributed by atoms with E-state index in [0.717, 1.165) is 68.2 Å². The van der Waals surface area contributed by atoms with Crippen LogP contribution in [0.25, 0.3) is 0 Å². The number of hydrogen-bond acceptors (Lipinski definition) is 5. The molecule has 4 rings (SSSR count). The van der Waals surface area contributed by atoms with Crippen molar-refractivity contribution in [2.75, 3.05) is 13.1 Å². The lowest BCUT2D eigenvalue weighted by molar-refractivity contribution is 0.0154. The zero-order valence-electron chi connectivity index (χ0n) is 19.0. The summed E-state index contributed by atoms with van der Waals surface area (Å²) in [7, 11) is 0.